The summed E-state index contributed by atoms with van der Waals surface area (Å²) in [6.07, 6.45) is 5.48. The number of nitrogens with zero attached hydrogens (tertiary/aromatic N) is 1. The van der Waals surface area contributed by atoms with Gasteiger partial charge in [0.05, 0.1) is 0 Å². The Bertz CT molecular complexity index is 361. The lowest BCUT2D eigenvalue weighted by molar-refractivity contribution is 0.482. The molecule has 1 aromatic heterocycles. The first-order valence-corrected chi connectivity index (χ1v) is 6.09. The quantitative estimate of drug-likeness (QED) is 0.883. The monoisotopic (exact) mass is 269 g/mol. The number of aromatic nitrogens is 1. The van der Waals surface area contributed by atoms with E-state index in [1.807, 2.05) is 6.07 Å². The van der Waals surface area contributed by atoms with Crippen molar-refractivity contribution in [1.29, 1.82) is 0 Å². The van der Waals surface area contributed by atoms with E-state index in [0.717, 1.165) is 16.6 Å². The SMILES string of the molecule is CCC1(NCc2cc(Br)cnc2N)CC1. The molecule has 4 heteroatoms. The first-order chi connectivity index (χ1) is 7.15. The van der Waals surface area contributed by atoms with E-state index in [1.165, 1.54) is 19.3 Å². The van der Waals surface area contributed by atoms with Gasteiger partial charge in [-0.25, -0.2) is 4.98 Å². The molecule has 15 heavy (non-hydrogen) atoms. The summed E-state index contributed by atoms with van der Waals surface area (Å²) < 4.78 is 0.981. The van der Waals surface area contributed by atoms with E-state index in [0.29, 0.717) is 11.4 Å². The summed E-state index contributed by atoms with van der Waals surface area (Å²) in [5.41, 5.74) is 7.27. The Kier molecular flexibility index (Phi) is 2.98. The molecule has 0 unspecified atom stereocenters. The second kappa shape index (κ2) is 4.10. The molecule has 0 atom stereocenters. The van der Waals surface area contributed by atoms with Crippen LogP contribution in [0.5, 0.6) is 0 Å². The molecule has 0 aromatic carbocycles. The highest BCUT2D eigenvalue weighted by atomic mass is 79.9. The van der Waals surface area contributed by atoms with Crippen molar-refractivity contribution in [2.45, 2.75) is 38.3 Å². The van der Waals surface area contributed by atoms with Gasteiger partial charge in [-0.1, -0.05) is 6.92 Å². The molecule has 1 aromatic rings. The molecule has 1 heterocycles. The van der Waals surface area contributed by atoms with Gasteiger partial charge in [-0.15, -0.1) is 0 Å². The Morgan fingerprint density at radius 2 is 2.33 bits per heavy atom. The highest BCUT2D eigenvalue weighted by Crippen LogP contribution is 2.38. The summed E-state index contributed by atoms with van der Waals surface area (Å²) in [5, 5.41) is 3.56. The van der Waals surface area contributed by atoms with Crippen LogP contribution in [-0.4, -0.2) is 10.5 Å². The van der Waals surface area contributed by atoms with E-state index in [-0.39, 0.29) is 0 Å². The maximum Gasteiger partial charge on any atom is 0.127 e. The molecule has 82 valence electrons. The van der Waals surface area contributed by atoms with Gasteiger partial charge in [0, 0.05) is 28.3 Å². The van der Waals surface area contributed by atoms with Gasteiger partial charge in [0.2, 0.25) is 0 Å². The maximum atomic E-state index is 5.81. The van der Waals surface area contributed by atoms with Gasteiger partial charge in [-0.2, -0.15) is 0 Å². The molecule has 0 amide bonds. The van der Waals surface area contributed by atoms with Crippen LogP contribution in [0, 0.1) is 0 Å². The molecule has 2 rings (SSSR count). The number of halogens is 1. The Hall–Kier alpha value is -0.610. The highest BCUT2D eigenvalue weighted by Gasteiger charge is 2.39. The number of nitrogen functional groups attached to an aromatic ring is 1. The van der Waals surface area contributed by atoms with Crippen molar-refractivity contribution in [1.82, 2.24) is 10.3 Å². The molecule has 1 aliphatic carbocycles. The zero-order valence-electron chi connectivity index (χ0n) is 8.89. The molecule has 3 nitrogen and oxygen atoms in total. The van der Waals surface area contributed by atoms with Crippen LogP contribution in [0.15, 0.2) is 16.7 Å². The number of hydrogen-bond acceptors (Lipinski definition) is 3. The number of rotatable bonds is 4. The zero-order valence-corrected chi connectivity index (χ0v) is 10.5. The smallest absolute Gasteiger partial charge is 0.127 e. The number of pyridine rings is 1. The van der Waals surface area contributed by atoms with Crippen molar-refractivity contribution in [2.24, 2.45) is 0 Å². The van der Waals surface area contributed by atoms with Crippen LogP contribution in [0.2, 0.25) is 0 Å². The predicted octanol–water partition coefficient (Wildman–Crippen LogP) is 2.46. The minimum absolute atomic E-state index is 0.384. The van der Waals surface area contributed by atoms with Gasteiger partial charge in [-0.3, -0.25) is 0 Å². The number of hydrogen-bond donors (Lipinski definition) is 2. The first kappa shape index (κ1) is 10.9. The van der Waals surface area contributed by atoms with Crippen molar-refractivity contribution in [2.75, 3.05) is 5.73 Å². The van der Waals surface area contributed by atoms with Crippen LogP contribution in [0.4, 0.5) is 5.82 Å². The third-order valence-corrected chi connectivity index (χ3v) is 3.59. The zero-order chi connectivity index (χ0) is 10.9. The van der Waals surface area contributed by atoms with Crippen LogP contribution in [-0.2, 0) is 6.54 Å². The van der Waals surface area contributed by atoms with E-state index >= 15 is 0 Å². The van der Waals surface area contributed by atoms with Crippen LogP contribution in [0.1, 0.15) is 31.7 Å². The van der Waals surface area contributed by atoms with Crippen molar-refractivity contribution in [3.63, 3.8) is 0 Å². The van der Waals surface area contributed by atoms with Gasteiger partial charge in [0.25, 0.3) is 0 Å². The molecule has 0 aliphatic heterocycles. The lowest BCUT2D eigenvalue weighted by Crippen LogP contribution is -2.30. The van der Waals surface area contributed by atoms with Gasteiger partial charge < -0.3 is 11.1 Å². The van der Waals surface area contributed by atoms with Gasteiger partial charge in [-0.05, 0) is 41.3 Å². The fraction of sp³-hybridized carbons (Fsp3) is 0.545. The van der Waals surface area contributed by atoms with Crippen molar-refractivity contribution >= 4 is 21.7 Å². The Balaban J connectivity index is 2.01. The van der Waals surface area contributed by atoms with Gasteiger partial charge >= 0.3 is 0 Å². The Morgan fingerprint density at radius 1 is 1.60 bits per heavy atom. The molecule has 0 bridgehead atoms. The maximum absolute atomic E-state index is 5.81. The summed E-state index contributed by atoms with van der Waals surface area (Å²) in [4.78, 5) is 4.12. The summed E-state index contributed by atoms with van der Waals surface area (Å²) in [7, 11) is 0. The molecule has 1 aliphatic rings. The molecule has 1 saturated carbocycles. The van der Waals surface area contributed by atoms with E-state index in [9.17, 15) is 0 Å². The summed E-state index contributed by atoms with van der Waals surface area (Å²) >= 11 is 3.40. The highest BCUT2D eigenvalue weighted by molar-refractivity contribution is 9.10. The standard InChI is InChI=1S/C11H16BrN3/c1-2-11(3-4-11)15-6-8-5-9(12)7-14-10(8)13/h5,7,15H,2-4,6H2,1H3,(H2,13,14). The number of nitrogens with one attached hydrogen (secondary N) is 1. The van der Waals surface area contributed by atoms with Crippen LogP contribution < -0.4 is 11.1 Å². The fourth-order valence-corrected chi connectivity index (χ4v) is 2.10. The summed E-state index contributed by atoms with van der Waals surface area (Å²) in [6.45, 7) is 3.04. The van der Waals surface area contributed by atoms with Crippen LogP contribution in [0.3, 0.4) is 0 Å². The van der Waals surface area contributed by atoms with Crippen LogP contribution >= 0.6 is 15.9 Å². The van der Waals surface area contributed by atoms with Crippen molar-refractivity contribution in [3.8, 4) is 0 Å². The largest absolute Gasteiger partial charge is 0.383 e. The second-order valence-corrected chi connectivity index (χ2v) is 5.10. The van der Waals surface area contributed by atoms with E-state index < -0.39 is 0 Å². The van der Waals surface area contributed by atoms with Crippen molar-refractivity contribution < 1.29 is 0 Å². The molecule has 3 N–H and O–H groups in total. The van der Waals surface area contributed by atoms with Gasteiger partial charge in [0.15, 0.2) is 0 Å². The topological polar surface area (TPSA) is 50.9 Å². The third-order valence-electron chi connectivity index (χ3n) is 3.15. The number of anilines is 1. The molecule has 0 saturated heterocycles. The lowest BCUT2D eigenvalue weighted by Gasteiger charge is -2.15. The fourth-order valence-electron chi connectivity index (χ4n) is 1.72. The average Bonchev–Trinajstić information content (AvgIpc) is 3.00. The Morgan fingerprint density at radius 3 is 2.93 bits per heavy atom. The molecular formula is C11H16BrN3. The van der Waals surface area contributed by atoms with Crippen LogP contribution in [0.25, 0.3) is 0 Å². The van der Waals surface area contributed by atoms with Gasteiger partial charge in [0.1, 0.15) is 5.82 Å². The number of nitrogens with two attached hydrogens (primary N) is 1. The molecular weight excluding hydrogens is 254 g/mol. The van der Waals surface area contributed by atoms with E-state index in [2.05, 4.69) is 33.2 Å². The average molecular weight is 270 g/mol. The Labute approximate surface area is 98.6 Å². The summed E-state index contributed by atoms with van der Waals surface area (Å²) in [6, 6.07) is 2.03. The molecule has 0 radical (unpaired) electrons. The van der Waals surface area contributed by atoms with E-state index in [4.69, 9.17) is 5.73 Å². The predicted molar refractivity (Wildman–Crippen MR) is 65.4 cm³/mol. The molecule has 1 fully saturated rings. The first-order valence-electron chi connectivity index (χ1n) is 5.30. The van der Waals surface area contributed by atoms with E-state index in [1.54, 1.807) is 6.20 Å². The van der Waals surface area contributed by atoms with Crippen molar-refractivity contribution in [3.05, 3.63) is 22.3 Å². The third kappa shape index (κ3) is 2.49. The normalized spacial score (nSPS) is 17.7. The molecule has 0 spiro atoms. The minimum Gasteiger partial charge on any atom is -0.383 e. The summed E-state index contributed by atoms with van der Waals surface area (Å²) in [5.74, 6) is 0.623. The minimum atomic E-state index is 0.384. The lowest BCUT2D eigenvalue weighted by atomic mass is 10.2. The second-order valence-electron chi connectivity index (χ2n) is 4.19.